The Morgan fingerprint density at radius 3 is 2.54 bits per heavy atom. The van der Waals surface area contributed by atoms with Gasteiger partial charge >= 0.3 is 0 Å². The molecular formula is C19H26ClFN4O. The first kappa shape index (κ1) is 20.4. The molecule has 0 bridgehead atoms. The zero-order chi connectivity index (χ0) is 17.9. The molecule has 2 aromatic rings. The van der Waals surface area contributed by atoms with Gasteiger partial charge in [0.05, 0.1) is 0 Å². The van der Waals surface area contributed by atoms with Gasteiger partial charge in [0, 0.05) is 24.4 Å². The molecule has 1 aromatic heterocycles. The van der Waals surface area contributed by atoms with Crippen LogP contribution in [0.5, 0.6) is 0 Å². The maximum atomic E-state index is 13.2. The van der Waals surface area contributed by atoms with Gasteiger partial charge in [-0.15, -0.1) is 12.4 Å². The first-order chi connectivity index (χ1) is 11.9. The van der Waals surface area contributed by atoms with Crippen LogP contribution < -0.4 is 10.6 Å². The molecule has 0 atom stereocenters. The van der Waals surface area contributed by atoms with E-state index in [2.05, 4.69) is 15.7 Å². The Labute approximate surface area is 159 Å². The molecular weight excluding hydrogens is 355 g/mol. The number of rotatable bonds is 5. The highest BCUT2D eigenvalue weighted by Crippen LogP contribution is 2.28. The largest absolute Gasteiger partial charge is 0.353 e. The molecule has 2 N–H and O–H groups in total. The van der Waals surface area contributed by atoms with Crippen molar-refractivity contribution in [3.05, 3.63) is 54.1 Å². The number of aromatic nitrogens is 2. The fourth-order valence-electron chi connectivity index (χ4n) is 3.39. The van der Waals surface area contributed by atoms with Gasteiger partial charge in [0.2, 0.25) is 5.91 Å². The van der Waals surface area contributed by atoms with Crippen LogP contribution in [0.4, 0.5) is 4.39 Å². The van der Waals surface area contributed by atoms with E-state index in [9.17, 15) is 9.18 Å². The van der Waals surface area contributed by atoms with Crippen LogP contribution >= 0.6 is 12.4 Å². The molecule has 0 spiro atoms. The van der Waals surface area contributed by atoms with Crippen molar-refractivity contribution in [3.63, 3.8) is 0 Å². The molecule has 1 fully saturated rings. The van der Waals surface area contributed by atoms with Crippen molar-refractivity contribution in [1.82, 2.24) is 20.4 Å². The number of carbonyl (C=O) groups excluding carboxylic acids is 1. The molecule has 0 unspecified atom stereocenters. The highest BCUT2D eigenvalue weighted by atomic mass is 35.5. The fraction of sp³-hybridized carbons (Fsp3) is 0.474. The molecule has 7 heteroatoms. The molecule has 2 heterocycles. The van der Waals surface area contributed by atoms with Crippen molar-refractivity contribution in [2.24, 2.45) is 0 Å². The van der Waals surface area contributed by atoms with Gasteiger partial charge in [-0.2, -0.15) is 5.10 Å². The van der Waals surface area contributed by atoms with Crippen LogP contribution in [0.2, 0.25) is 0 Å². The summed E-state index contributed by atoms with van der Waals surface area (Å²) in [5.74, 6) is -0.260. The maximum Gasteiger partial charge on any atom is 0.248 e. The van der Waals surface area contributed by atoms with Crippen molar-refractivity contribution < 1.29 is 9.18 Å². The Bertz CT molecular complexity index is 710. The predicted octanol–water partition coefficient (Wildman–Crippen LogP) is 2.62. The van der Waals surface area contributed by atoms with Gasteiger partial charge in [0.25, 0.3) is 0 Å². The predicted molar refractivity (Wildman–Crippen MR) is 102 cm³/mol. The zero-order valence-corrected chi connectivity index (χ0v) is 16.0. The van der Waals surface area contributed by atoms with Crippen LogP contribution in [-0.2, 0) is 15.7 Å². The van der Waals surface area contributed by atoms with E-state index in [0.29, 0.717) is 19.4 Å². The number of amides is 1. The van der Waals surface area contributed by atoms with E-state index in [1.54, 1.807) is 23.0 Å². The van der Waals surface area contributed by atoms with Crippen LogP contribution in [0.15, 0.2) is 42.7 Å². The molecule has 0 aliphatic carbocycles. The minimum absolute atomic E-state index is 0. The van der Waals surface area contributed by atoms with Crippen molar-refractivity contribution in [2.75, 3.05) is 19.6 Å². The standard InChI is InChI=1S/C19H25FN4O.ClH/c1-18(2,15-4-6-16(20)7-5-15)14-22-17(25)19(8-11-21-12-9-19)24-13-3-10-23-24;/h3-7,10,13,21H,8-9,11-12,14H2,1-2H3,(H,22,25);1H. The lowest BCUT2D eigenvalue weighted by Crippen LogP contribution is -2.56. The number of nitrogens with zero attached hydrogens (tertiary/aromatic N) is 2. The summed E-state index contributed by atoms with van der Waals surface area (Å²) in [4.78, 5) is 13.1. The number of hydrogen-bond donors (Lipinski definition) is 2. The van der Waals surface area contributed by atoms with Gasteiger partial charge in [-0.05, 0) is 49.7 Å². The Balaban J connectivity index is 0.00000243. The van der Waals surface area contributed by atoms with E-state index in [4.69, 9.17) is 0 Å². The Hall–Kier alpha value is -1.92. The van der Waals surface area contributed by atoms with Crippen molar-refractivity contribution >= 4 is 18.3 Å². The lowest BCUT2D eigenvalue weighted by Gasteiger charge is -2.37. The van der Waals surface area contributed by atoms with E-state index >= 15 is 0 Å². The van der Waals surface area contributed by atoms with Crippen LogP contribution in [0, 0.1) is 5.82 Å². The molecule has 26 heavy (non-hydrogen) atoms. The van der Waals surface area contributed by atoms with E-state index in [1.807, 2.05) is 26.1 Å². The summed E-state index contributed by atoms with van der Waals surface area (Å²) in [6.45, 7) is 6.14. The Morgan fingerprint density at radius 2 is 1.96 bits per heavy atom. The first-order valence-electron chi connectivity index (χ1n) is 8.69. The second-order valence-corrected chi connectivity index (χ2v) is 7.31. The summed E-state index contributed by atoms with van der Waals surface area (Å²) in [7, 11) is 0. The van der Waals surface area contributed by atoms with Gasteiger partial charge in [0.15, 0.2) is 0 Å². The Morgan fingerprint density at radius 1 is 1.31 bits per heavy atom. The van der Waals surface area contributed by atoms with Crippen LogP contribution in [-0.4, -0.2) is 35.3 Å². The van der Waals surface area contributed by atoms with Crippen molar-refractivity contribution in [2.45, 2.75) is 37.6 Å². The smallest absolute Gasteiger partial charge is 0.248 e. The molecule has 3 rings (SSSR count). The van der Waals surface area contributed by atoms with Gasteiger partial charge in [-0.25, -0.2) is 4.39 Å². The van der Waals surface area contributed by atoms with Crippen LogP contribution in [0.25, 0.3) is 0 Å². The molecule has 1 amide bonds. The average Bonchev–Trinajstić information content (AvgIpc) is 3.16. The molecule has 1 aromatic carbocycles. The Kier molecular flexibility index (Phi) is 6.42. The molecule has 1 aliphatic heterocycles. The average molecular weight is 381 g/mol. The second-order valence-electron chi connectivity index (χ2n) is 7.31. The number of carbonyl (C=O) groups is 1. The second kappa shape index (κ2) is 8.18. The minimum Gasteiger partial charge on any atom is -0.353 e. The van der Waals surface area contributed by atoms with E-state index in [1.165, 1.54) is 12.1 Å². The summed E-state index contributed by atoms with van der Waals surface area (Å²) in [6.07, 6.45) is 4.98. The normalized spacial score (nSPS) is 16.6. The third-order valence-electron chi connectivity index (χ3n) is 5.11. The summed E-state index contributed by atoms with van der Waals surface area (Å²) in [5.41, 5.74) is 0.0579. The maximum absolute atomic E-state index is 13.2. The molecule has 0 radical (unpaired) electrons. The fourth-order valence-corrected chi connectivity index (χ4v) is 3.39. The number of benzene rings is 1. The van der Waals surface area contributed by atoms with Crippen LogP contribution in [0.3, 0.4) is 0 Å². The SMILES string of the molecule is CC(C)(CNC(=O)C1(n2cccn2)CCNCC1)c1ccc(F)cc1.Cl. The molecule has 142 valence electrons. The quantitative estimate of drug-likeness (QED) is 0.838. The lowest BCUT2D eigenvalue weighted by atomic mass is 9.83. The number of halogens is 2. The monoisotopic (exact) mass is 380 g/mol. The van der Waals surface area contributed by atoms with Gasteiger partial charge < -0.3 is 10.6 Å². The van der Waals surface area contributed by atoms with Gasteiger partial charge in [-0.1, -0.05) is 26.0 Å². The van der Waals surface area contributed by atoms with Gasteiger partial charge in [-0.3, -0.25) is 9.48 Å². The zero-order valence-electron chi connectivity index (χ0n) is 15.2. The molecule has 0 saturated carbocycles. The minimum atomic E-state index is -0.645. The number of hydrogen-bond acceptors (Lipinski definition) is 3. The van der Waals surface area contributed by atoms with Crippen molar-refractivity contribution in [3.8, 4) is 0 Å². The number of nitrogens with one attached hydrogen (secondary N) is 2. The summed E-state index contributed by atoms with van der Waals surface area (Å²) >= 11 is 0. The molecule has 1 aliphatic rings. The highest BCUT2D eigenvalue weighted by molar-refractivity contribution is 5.85. The highest BCUT2D eigenvalue weighted by Gasteiger charge is 2.42. The summed E-state index contributed by atoms with van der Waals surface area (Å²) in [6, 6.07) is 8.30. The van der Waals surface area contributed by atoms with Crippen LogP contribution in [0.1, 0.15) is 32.3 Å². The molecule has 1 saturated heterocycles. The summed E-state index contributed by atoms with van der Waals surface area (Å²) in [5, 5.41) is 10.7. The third-order valence-corrected chi connectivity index (χ3v) is 5.11. The van der Waals surface area contributed by atoms with E-state index in [-0.39, 0.29) is 29.5 Å². The van der Waals surface area contributed by atoms with E-state index < -0.39 is 5.54 Å². The topological polar surface area (TPSA) is 59.0 Å². The van der Waals surface area contributed by atoms with Crippen molar-refractivity contribution in [1.29, 1.82) is 0 Å². The third kappa shape index (κ3) is 4.07. The van der Waals surface area contributed by atoms with Gasteiger partial charge in [0.1, 0.15) is 11.4 Å². The lowest BCUT2D eigenvalue weighted by molar-refractivity contribution is -0.132. The summed E-state index contributed by atoms with van der Waals surface area (Å²) < 4.78 is 14.9. The van der Waals surface area contributed by atoms with E-state index in [0.717, 1.165) is 18.7 Å². The first-order valence-corrected chi connectivity index (χ1v) is 8.69. The molecule has 5 nitrogen and oxygen atoms in total. The number of piperidine rings is 1.